The van der Waals surface area contributed by atoms with E-state index in [9.17, 15) is 16.8 Å². The van der Waals surface area contributed by atoms with Crippen molar-refractivity contribution in [2.75, 3.05) is 31.4 Å². The molecule has 0 saturated heterocycles. The fourth-order valence-corrected chi connectivity index (χ4v) is 10.8. The van der Waals surface area contributed by atoms with Crippen LogP contribution in [0.3, 0.4) is 0 Å². The van der Waals surface area contributed by atoms with E-state index in [4.69, 9.17) is 30.6 Å². The number of nitrogens with zero attached hydrogens (tertiary/aromatic N) is 3. The first kappa shape index (κ1) is 62.7. The Hall–Kier alpha value is -8.93. The van der Waals surface area contributed by atoms with Crippen molar-refractivity contribution in [2.45, 2.75) is 34.5 Å². The minimum Gasteiger partial charge on any atom is -0.496 e. The van der Waals surface area contributed by atoms with Crippen molar-refractivity contribution >= 4 is 57.1 Å². The summed E-state index contributed by atoms with van der Waals surface area (Å²) >= 11 is 3.36. The Morgan fingerprint density at radius 1 is 0.464 bits per heavy atom. The molecule has 9 aromatic carbocycles. The fraction of sp³-hybridized carbons (Fsp3) is 0.104. The third kappa shape index (κ3) is 18.5. The molecule has 0 atom stereocenters. The molecule has 2 heterocycles. The van der Waals surface area contributed by atoms with E-state index in [1.165, 1.54) is 57.8 Å². The summed E-state index contributed by atoms with van der Waals surface area (Å²) in [6, 6.07) is 78.5. The Kier molecular flexibility index (Phi) is 23.9. The predicted octanol–water partition coefficient (Wildman–Crippen LogP) is 15.5. The van der Waals surface area contributed by atoms with Crippen molar-refractivity contribution < 1.29 is 31.0 Å². The van der Waals surface area contributed by atoms with Gasteiger partial charge in [0, 0.05) is 28.4 Å². The predicted molar refractivity (Wildman–Crippen MR) is 343 cm³/mol. The van der Waals surface area contributed by atoms with Gasteiger partial charge in [0.15, 0.2) is 0 Å². The van der Waals surface area contributed by atoms with Crippen molar-refractivity contribution in [3.05, 3.63) is 284 Å². The summed E-state index contributed by atoms with van der Waals surface area (Å²) in [7, 11) is 2.34. The lowest BCUT2D eigenvalue weighted by Crippen LogP contribution is -2.30. The Labute approximate surface area is 505 Å². The second-order valence-corrected chi connectivity index (χ2v) is 23.4. The number of aryl methyl sites for hydroxylation is 2. The number of hydrogen-bond acceptors (Lipinski definition) is 10. The van der Waals surface area contributed by atoms with Gasteiger partial charge in [0.1, 0.15) is 27.0 Å². The molecule has 0 saturated carbocycles. The highest BCUT2D eigenvalue weighted by atomic mass is 79.9. The van der Waals surface area contributed by atoms with E-state index in [1.54, 1.807) is 20.3 Å². The number of alkyl halides is 1. The molecular formula is C67H64BrClN6O7S2. The normalized spacial score (nSPS) is 10.6. The lowest BCUT2D eigenvalue weighted by atomic mass is 9.98. The van der Waals surface area contributed by atoms with Crippen molar-refractivity contribution in [3.63, 3.8) is 0 Å². The Morgan fingerprint density at radius 3 is 1.27 bits per heavy atom. The second-order valence-electron chi connectivity index (χ2n) is 18.4. The SMILES string of the molecule is BrCc1ccccc1.COc1ccc(-c2ccccc2)cc1CCc1ccccc1.COc1ccc(-c2ccccc2)cc1N.COc1ccc(-c2ccccc2)cc1N(Cc1ccccc1)S(=O)(=O)c1cn[nH]c1.O=S(=O)(Cl)c1cn[nH]c1. The summed E-state index contributed by atoms with van der Waals surface area (Å²) in [5.74, 6) is 2.16. The zero-order valence-corrected chi connectivity index (χ0v) is 50.5. The number of halogens is 2. The third-order valence-corrected chi connectivity index (χ3v) is 16.5. The summed E-state index contributed by atoms with van der Waals surface area (Å²) in [4.78, 5) is 0.0785. The standard InChI is InChI=1S/C23H21N3O3S.C21H20O.C13H13NO.C7H7Br.C3H3ClN2O2S/c1-29-23-13-12-20(19-10-6-3-7-11-19)14-22(23)26(17-18-8-4-2-5-9-18)30(27,28)21-15-24-25-16-21;1-22-21-15-14-19(18-10-6-3-7-11-18)16-20(21)13-12-17-8-4-2-5-9-17;1-15-13-8-7-11(9-12(13)14)10-5-3-2-4-6-10;8-6-7-4-2-1-3-5-7;4-9(7,8)3-1-5-6-2-3/h2-16H,17H2,1H3,(H,24,25);2-11,14-16H,12-13H2,1H3;2-9H,14H2,1H3;1-5H,6H2;1-2H,(H,5,6). The molecule has 84 heavy (non-hydrogen) atoms. The fourth-order valence-electron chi connectivity index (χ4n) is 8.44. The van der Waals surface area contributed by atoms with Gasteiger partial charge in [-0.25, -0.2) is 16.8 Å². The number of aromatic amines is 2. The van der Waals surface area contributed by atoms with Gasteiger partial charge in [-0.1, -0.05) is 216 Å². The van der Waals surface area contributed by atoms with Gasteiger partial charge in [0.25, 0.3) is 19.1 Å². The van der Waals surface area contributed by atoms with E-state index in [0.29, 0.717) is 17.1 Å². The quantitative estimate of drug-likeness (QED) is 0.0478. The number of H-pyrrole nitrogens is 2. The molecule has 0 aliphatic rings. The number of anilines is 2. The topological polar surface area (TPSA) is 183 Å². The molecule has 11 rings (SSSR count). The number of methoxy groups -OCH3 is 3. The number of nitrogens with one attached hydrogen (secondary N) is 2. The van der Waals surface area contributed by atoms with Gasteiger partial charge in [-0.3, -0.25) is 14.5 Å². The van der Waals surface area contributed by atoms with E-state index < -0.39 is 19.1 Å². The number of rotatable bonds is 16. The van der Waals surface area contributed by atoms with Crippen LogP contribution in [0.15, 0.2) is 271 Å². The van der Waals surface area contributed by atoms with Crippen LogP contribution in [-0.2, 0) is 43.8 Å². The van der Waals surface area contributed by atoms with E-state index in [1.807, 2.05) is 133 Å². The van der Waals surface area contributed by atoms with E-state index in [-0.39, 0.29) is 16.3 Å². The first-order chi connectivity index (χ1) is 40.8. The number of sulfonamides is 1. The smallest absolute Gasteiger partial charge is 0.267 e. The summed E-state index contributed by atoms with van der Waals surface area (Å²) in [5.41, 5.74) is 18.4. The highest BCUT2D eigenvalue weighted by Crippen LogP contribution is 2.38. The van der Waals surface area contributed by atoms with Crippen molar-refractivity contribution in [3.8, 4) is 50.6 Å². The van der Waals surface area contributed by atoms with Crippen molar-refractivity contribution in [1.82, 2.24) is 20.4 Å². The summed E-state index contributed by atoms with van der Waals surface area (Å²) in [6.07, 6.45) is 7.04. The van der Waals surface area contributed by atoms with Gasteiger partial charge in [0.2, 0.25) is 0 Å². The van der Waals surface area contributed by atoms with Gasteiger partial charge in [-0.15, -0.1) is 0 Å². The van der Waals surface area contributed by atoms with Gasteiger partial charge in [0.05, 0.1) is 51.6 Å². The zero-order chi connectivity index (χ0) is 59.6. The first-order valence-corrected chi connectivity index (χ1v) is 31.3. The van der Waals surface area contributed by atoms with Crippen LogP contribution in [-0.4, -0.2) is 58.6 Å². The number of aromatic nitrogens is 4. The molecule has 2 aromatic heterocycles. The van der Waals surface area contributed by atoms with Crippen LogP contribution >= 0.6 is 26.6 Å². The summed E-state index contributed by atoms with van der Waals surface area (Å²) in [5, 5.41) is 13.1. The van der Waals surface area contributed by atoms with Crippen LogP contribution in [0.5, 0.6) is 17.2 Å². The lowest BCUT2D eigenvalue weighted by Gasteiger charge is -2.26. The molecular weight excluding hydrogens is 1180 g/mol. The van der Waals surface area contributed by atoms with E-state index in [2.05, 4.69) is 133 Å². The molecule has 13 nitrogen and oxygen atoms in total. The van der Waals surface area contributed by atoms with Crippen LogP contribution in [0, 0.1) is 0 Å². The van der Waals surface area contributed by atoms with Gasteiger partial charge >= 0.3 is 0 Å². The molecule has 0 fully saturated rings. The van der Waals surface area contributed by atoms with Crippen LogP contribution in [0.1, 0.15) is 22.3 Å². The molecule has 0 aliphatic carbocycles. The highest BCUT2D eigenvalue weighted by molar-refractivity contribution is 9.08. The minimum atomic E-state index is -3.88. The van der Waals surface area contributed by atoms with Gasteiger partial charge < -0.3 is 19.9 Å². The Bertz CT molecular complexity index is 3920. The summed E-state index contributed by atoms with van der Waals surface area (Å²) in [6.45, 7) is 0.156. The maximum Gasteiger partial charge on any atom is 0.267 e. The number of ether oxygens (including phenoxy) is 3. The largest absolute Gasteiger partial charge is 0.496 e. The minimum absolute atomic E-state index is 0.0100. The van der Waals surface area contributed by atoms with E-state index in [0.717, 1.165) is 63.7 Å². The second kappa shape index (κ2) is 32.1. The maximum absolute atomic E-state index is 13.5. The maximum atomic E-state index is 13.5. The molecule has 17 heteroatoms. The van der Waals surface area contributed by atoms with Crippen molar-refractivity contribution in [2.24, 2.45) is 0 Å². The average molecular weight is 1240 g/mol. The van der Waals surface area contributed by atoms with Crippen LogP contribution in [0.25, 0.3) is 33.4 Å². The van der Waals surface area contributed by atoms with E-state index >= 15 is 0 Å². The Morgan fingerprint density at radius 2 is 0.869 bits per heavy atom. The Balaban J connectivity index is 0.000000164. The van der Waals surface area contributed by atoms with Gasteiger partial charge in [-0.2, -0.15) is 10.2 Å². The lowest BCUT2D eigenvalue weighted by molar-refractivity contribution is 0.409. The average Bonchev–Trinajstić information content (AvgIpc) is 3.95. The molecule has 0 bridgehead atoms. The molecule has 430 valence electrons. The molecule has 0 radical (unpaired) electrons. The van der Waals surface area contributed by atoms with Crippen LogP contribution in [0.4, 0.5) is 11.4 Å². The molecule has 0 amide bonds. The number of hydrogen-bond donors (Lipinski definition) is 3. The molecule has 11 aromatic rings. The summed E-state index contributed by atoms with van der Waals surface area (Å²) < 4.78 is 65.4. The monoisotopic (exact) mass is 1240 g/mol. The number of nitrogen functional groups attached to an aromatic ring is 1. The zero-order valence-electron chi connectivity index (χ0n) is 46.5. The third-order valence-electron chi connectivity index (χ3n) is 12.8. The molecule has 4 N–H and O–H groups in total. The highest BCUT2D eigenvalue weighted by Gasteiger charge is 2.29. The van der Waals surface area contributed by atoms with Crippen molar-refractivity contribution in [1.29, 1.82) is 0 Å². The number of nitrogens with two attached hydrogens (primary N) is 1. The van der Waals surface area contributed by atoms with Crippen LogP contribution < -0.4 is 24.2 Å². The van der Waals surface area contributed by atoms with Crippen LogP contribution in [0.2, 0.25) is 0 Å². The number of benzene rings is 9. The molecule has 0 unspecified atom stereocenters. The first-order valence-electron chi connectivity index (χ1n) is 26.4. The van der Waals surface area contributed by atoms with Gasteiger partial charge in [-0.05, 0) is 105 Å². The molecule has 0 aliphatic heterocycles. The molecule has 0 spiro atoms.